The maximum Gasteiger partial charge on any atom is 0.166 e. The Balaban J connectivity index is 1.38. The van der Waals surface area contributed by atoms with Gasteiger partial charge in [-0.05, 0) is 117 Å². The molecule has 2 heteroatoms. The van der Waals surface area contributed by atoms with Gasteiger partial charge in [0.15, 0.2) is 11.6 Å². The quantitative estimate of drug-likeness (QED) is 0.262. The molecule has 0 unspecified atom stereocenters. The number of fused-ring (bicyclic) bond motifs is 1. The molecule has 0 aliphatic heterocycles. The molecule has 0 radical (unpaired) electrons. The highest BCUT2D eigenvalue weighted by Crippen LogP contribution is 2.45. The summed E-state index contributed by atoms with van der Waals surface area (Å²) in [5.41, 5.74) is 1.73. The van der Waals surface area contributed by atoms with E-state index in [-0.39, 0.29) is 5.92 Å². The Labute approximate surface area is 199 Å². The third kappa shape index (κ3) is 5.87. The van der Waals surface area contributed by atoms with E-state index in [0.717, 1.165) is 60.8 Å². The predicted octanol–water partition coefficient (Wildman–Crippen LogP) is 9.90. The molecule has 0 atom stereocenters. The summed E-state index contributed by atoms with van der Waals surface area (Å²) in [5, 5.41) is 1.30. The highest BCUT2D eigenvalue weighted by molar-refractivity contribution is 5.85. The monoisotopic (exact) mass is 452 g/mol. The Morgan fingerprint density at radius 3 is 2.24 bits per heavy atom. The van der Waals surface area contributed by atoms with E-state index in [1.807, 2.05) is 18.2 Å². The molecule has 0 saturated heterocycles. The Bertz CT molecular complexity index is 914. The minimum absolute atomic E-state index is 0.160. The number of aryl methyl sites for hydroxylation is 1. The predicted molar refractivity (Wildman–Crippen MR) is 137 cm³/mol. The summed E-state index contributed by atoms with van der Waals surface area (Å²) in [4.78, 5) is 0. The third-order valence-electron chi connectivity index (χ3n) is 8.73. The van der Waals surface area contributed by atoms with E-state index in [2.05, 4.69) is 25.6 Å². The van der Waals surface area contributed by atoms with Crippen LogP contribution in [0.5, 0.6) is 0 Å². The Hall–Kier alpha value is -1.70. The van der Waals surface area contributed by atoms with Crippen molar-refractivity contribution in [3.63, 3.8) is 0 Å². The van der Waals surface area contributed by atoms with Gasteiger partial charge in [0, 0.05) is 5.39 Å². The van der Waals surface area contributed by atoms with Crippen LogP contribution in [0.2, 0.25) is 0 Å². The number of benzene rings is 2. The Morgan fingerprint density at radius 1 is 0.879 bits per heavy atom. The number of halogens is 2. The van der Waals surface area contributed by atoms with Crippen LogP contribution in [0.25, 0.3) is 10.8 Å². The van der Waals surface area contributed by atoms with Gasteiger partial charge in [-0.25, -0.2) is 8.78 Å². The lowest BCUT2D eigenvalue weighted by Gasteiger charge is -2.38. The second kappa shape index (κ2) is 11.6. The standard InChI is InChI=1S/C31H42F2/c1-3-5-7-9-23-12-15-27-21-29(31(33)30(32)28(27)20-23)26-18-16-25(17-19-26)24-13-10-22(11-14-24)8-6-4-2/h4,12,15,20-22,24-26H,2-3,5-11,13-14,16-19H2,1H3. The fourth-order valence-corrected chi connectivity index (χ4v) is 6.63. The molecule has 0 amide bonds. The van der Waals surface area contributed by atoms with Crippen LogP contribution >= 0.6 is 0 Å². The van der Waals surface area contributed by atoms with Gasteiger partial charge in [0.05, 0.1) is 0 Å². The van der Waals surface area contributed by atoms with Crippen molar-refractivity contribution < 1.29 is 8.78 Å². The van der Waals surface area contributed by atoms with Crippen LogP contribution < -0.4 is 0 Å². The van der Waals surface area contributed by atoms with Crippen LogP contribution in [0.4, 0.5) is 8.78 Å². The first-order valence-electron chi connectivity index (χ1n) is 13.6. The molecule has 2 aromatic carbocycles. The molecule has 0 spiro atoms. The summed E-state index contributed by atoms with van der Waals surface area (Å²) in [6.45, 7) is 6.04. The first kappa shape index (κ1) is 24.4. The van der Waals surface area contributed by atoms with Gasteiger partial charge < -0.3 is 0 Å². The molecule has 2 aromatic rings. The van der Waals surface area contributed by atoms with E-state index in [4.69, 9.17) is 0 Å². The maximum atomic E-state index is 15.2. The molecule has 2 saturated carbocycles. The molecular formula is C31H42F2. The first-order valence-corrected chi connectivity index (χ1v) is 13.6. The van der Waals surface area contributed by atoms with Crippen molar-refractivity contribution in [3.05, 3.63) is 59.7 Å². The molecule has 2 aliphatic carbocycles. The SMILES string of the molecule is C=CCCC1CCC(C2CCC(c3cc4ccc(CCCCC)cc4c(F)c3F)CC2)CC1. The number of hydrogen-bond donors (Lipinski definition) is 0. The molecule has 0 heterocycles. The van der Waals surface area contributed by atoms with E-state index in [1.165, 1.54) is 57.8 Å². The van der Waals surface area contributed by atoms with Crippen molar-refractivity contribution in [2.24, 2.45) is 17.8 Å². The lowest BCUT2D eigenvalue weighted by Crippen LogP contribution is -2.25. The lowest BCUT2D eigenvalue weighted by molar-refractivity contribution is 0.156. The largest absolute Gasteiger partial charge is 0.203 e. The minimum atomic E-state index is -0.639. The Morgan fingerprint density at radius 2 is 1.58 bits per heavy atom. The molecule has 180 valence electrons. The molecule has 2 fully saturated rings. The van der Waals surface area contributed by atoms with E-state index in [0.29, 0.717) is 10.9 Å². The van der Waals surface area contributed by atoms with Gasteiger partial charge in [-0.15, -0.1) is 6.58 Å². The van der Waals surface area contributed by atoms with Gasteiger partial charge in [0.25, 0.3) is 0 Å². The van der Waals surface area contributed by atoms with Gasteiger partial charge in [0.2, 0.25) is 0 Å². The zero-order valence-electron chi connectivity index (χ0n) is 20.6. The molecule has 0 nitrogen and oxygen atoms in total. The van der Waals surface area contributed by atoms with Crippen LogP contribution in [0.3, 0.4) is 0 Å². The van der Waals surface area contributed by atoms with Gasteiger partial charge in [0.1, 0.15) is 0 Å². The summed E-state index contributed by atoms with van der Waals surface area (Å²) in [7, 11) is 0. The van der Waals surface area contributed by atoms with Crippen molar-refractivity contribution in [1.82, 2.24) is 0 Å². The van der Waals surface area contributed by atoms with Gasteiger partial charge >= 0.3 is 0 Å². The summed E-state index contributed by atoms with van der Waals surface area (Å²) in [5.74, 6) is 1.43. The summed E-state index contributed by atoms with van der Waals surface area (Å²) in [6.07, 6.45) is 18.7. The van der Waals surface area contributed by atoms with Gasteiger partial charge in [-0.2, -0.15) is 0 Å². The van der Waals surface area contributed by atoms with Crippen LogP contribution in [0.15, 0.2) is 36.9 Å². The van der Waals surface area contributed by atoms with Crippen LogP contribution in [0.1, 0.15) is 107 Å². The second-order valence-corrected chi connectivity index (χ2v) is 10.9. The van der Waals surface area contributed by atoms with Crippen LogP contribution in [-0.4, -0.2) is 0 Å². The Kier molecular flexibility index (Phi) is 8.61. The van der Waals surface area contributed by atoms with Crippen molar-refractivity contribution in [2.45, 2.75) is 103 Å². The number of unbranched alkanes of at least 4 members (excludes halogenated alkanes) is 2. The fourth-order valence-electron chi connectivity index (χ4n) is 6.63. The summed E-state index contributed by atoms with van der Waals surface area (Å²) < 4.78 is 30.3. The van der Waals surface area contributed by atoms with Crippen LogP contribution in [0, 0.1) is 29.4 Å². The first-order chi connectivity index (χ1) is 16.1. The zero-order valence-corrected chi connectivity index (χ0v) is 20.6. The van der Waals surface area contributed by atoms with Gasteiger partial charge in [-0.3, -0.25) is 0 Å². The van der Waals surface area contributed by atoms with Gasteiger partial charge in [-0.1, -0.05) is 50.8 Å². The summed E-state index contributed by atoms with van der Waals surface area (Å²) >= 11 is 0. The molecule has 0 aromatic heterocycles. The van der Waals surface area contributed by atoms with Crippen molar-refractivity contribution in [3.8, 4) is 0 Å². The zero-order chi connectivity index (χ0) is 23.2. The van der Waals surface area contributed by atoms with E-state index < -0.39 is 11.6 Å². The van der Waals surface area contributed by atoms with Crippen LogP contribution in [-0.2, 0) is 6.42 Å². The number of hydrogen-bond acceptors (Lipinski definition) is 0. The van der Waals surface area contributed by atoms with Crippen molar-refractivity contribution in [1.29, 1.82) is 0 Å². The highest BCUT2D eigenvalue weighted by Gasteiger charge is 2.32. The minimum Gasteiger partial charge on any atom is -0.203 e. The maximum absolute atomic E-state index is 15.2. The number of rotatable bonds is 9. The van der Waals surface area contributed by atoms with E-state index in [9.17, 15) is 0 Å². The summed E-state index contributed by atoms with van der Waals surface area (Å²) in [6, 6.07) is 7.91. The molecular weight excluding hydrogens is 410 g/mol. The van der Waals surface area contributed by atoms with Crippen molar-refractivity contribution >= 4 is 10.8 Å². The molecule has 33 heavy (non-hydrogen) atoms. The van der Waals surface area contributed by atoms with Crippen molar-refractivity contribution in [2.75, 3.05) is 0 Å². The van der Waals surface area contributed by atoms with E-state index >= 15 is 8.78 Å². The molecule has 0 bridgehead atoms. The molecule has 2 aliphatic rings. The normalized spacial score (nSPS) is 25.9. The fraction of sp³-hybridized carbons (Fsp3) is 0.613. The third-order valence-corrected chi connectivity index (χ3v) is 8.73. The number of allylic oxidation sites excluding steroid dienone is 1. The average Bonchev–Trinajstić information content (AvgIpc) is 2.86. The van der Waals surface area contributed by atoms with E-state index in [1.54, 1.807) is 0 Å². The smallest absolute Gasteiger partial charge is 0.166 e. The molecule has 4 rings (SSSR count). The highest BCUT2D eigenvalue weighted by atomic mass is 19.2. The lowest BCUT2D eigenvalue weighted by atomic mass is 9.68. The topological polar surface area (TPSA) is 0 Å². The second-order valence-electron chi connectivity index (χ2n) is 10.9. The average molecular weight is 453 g/mol. The molecule has 0 N–H and O–H groups in total.